The van der Waals surface area contributed by atoms with Gasteiger partial charge in [-0.1, -0.05) is 11.6 Å². The molecular weight excluding hydrogens is 320 g/mol. The summed E-state index contributed by atoms with van der Waals surface area (Å²) >= 11 is 7.62. The van der Waals surface area contributed by atoms with Crippen LogP contribution in [-0.2, 0) is 0 Å². The quantitative estimate of drug-likeness (QED) is 0.363. The normalized spacial score (nSPS) is 9.93. The maximum absolute atomic E-state index is 11.1. The fourth-order valence-electron chi connectivity index (χ4n) is 1.02. The smallest absolute Gasteiger partial charge is 0.294 e. The molecule has 4 nitrogen and oxygen atoms in total. The van der Waals surface area contributed by atoms with Gasteiger partial charge in [0.15, 0.2) is 5.78 Å². The molecule has 0 amide bonds. The van der Waals surface area contributed by atoms with Crippen molar-refractivity contribution >= 4 is 45.7 Å². The summed E-state index contributed by atoms with van der Waals surface area (Å²) in [6, 6.07) is 2.90. The van der Waals surface area contributed by atoms with Crippen LogP contribution in [0, 0.1) is 13.7 Å². The topological polar surface area (TPSA) is 60.2 Å². The van der Waals surface area contributed by atoms with E-state index in [4.69, 9.17) is 11.6 Å². The number of carbonyl (C=O) groups is 1. The number of rotatable bonds is 2. The number of nitrogens with zero attached hydrogens (tertiary/aromatic N) is 1. The summed E-state index contributed by atoms with van der Waals surface area (Å²) in [5.74, 6) is -0.364. The van der Waals surface area contributed by atoms with Crippen LogP contribution in [0.15, 0.2) is 12.1 Å². The molecule has 0 atom stereocenters. The van der Waals surface area contributed by atoms with Crippen molar-refractivity contribution in [3.05, 3.63) is 36.4 Å². The zero-order chi connectivity index (χ0) is 10.9. The van der Waals surface area contributed by atoms with Gasteiger partial charge in [0.05, 0.1) is 10.5 Å². The van der Waals surface area contributed by atoms with E-state index in [-0.39, 0.29) is 22.1 Å². The van der Waals surface area contributed by atoms with E-state index in [9.17, 15) is 14.9 Å². The summed E-state index contributed by atoms with van der Waals surface area (Å²) in [6.07, 6.45) is 0. The van der Waals surface area contributed by atoms with Crippen LogP contribution < -0.4 is 0 Å². The van der Waals surface area contributed by atoms with Crippen LogP contribution in [0.3, 0.4) is 0 Å². The molecule has 1 aromatic carbocycles. The summed E-state index contributed by atoms with van der Waals surface area (Å²) in [6.45, 7) is 1.27. The summed E-state index contributed by atoms with van der Waals surface area (Å²) < 4.78 is 0.698. The second kappa shape index (κ2) is 4.22. The number of benzene rings is 1. The molecule has 0 bridgehead atoms. The van der Waals surface area contributed by atoms with Gasteiger partial charge >= 0.3 is 0 Å². The maximum Gasteiger partial charge on any atom is 0.298 e. The Balaban J connectivity index is 3.52. The van der Waals surface area contributed by atoms with E-state index in [1.54, 1.807) is 0 Å². The third kappa shape index (κ3) is 2.21. The van der Waals surface area contributed by atoms with Crippen LogP contribution in [0.25, 0.3) is 0 Å². The van der Waals surface area contributed by atoms with Gasteiger partial charge in [-0.05, 0) is 41.6 Å². The van der Waals surface area contributed by atoms with Gasteiger partial charge < -0.3 is 0 Å². The molecule has 0 aliphatic heterocycles. The average Bonchev–Trinajstić information content (AvgIpc) is 2.01. The van der Waals surface area contributed by atoms with E-state index in [0.29, 0.717) is 3.57 Å². The number of Topliss-reactive ketones (excluding diaryl/α,β-unsaturated/α-hetero) is 1. The number of ketones is 1. The molecule has 0 aliphatic rings. The fourth-order valence-corrected chi connectivity index (χ4v) is 2.12. The van der Waals surface area contributed by atoms with Crippen molar-refractivity contribution in [2.75, 3.05) is 0 Å². The highest BCUT2D eigenvalue weighted by Crippen LogP contribution is 2.30. The van der Waals surface area contributed by atoms with E-state index >= 15 is 0 Å². The lowest BCUT2D eigenvalue weighted by molar-refractivity contribution is -0.385. The summed E-state index contributed by atoms with van der Waals surface area (Å²) in [5, 5.41) is 10.6. The highest BCUT2D eigenvalue weighted by Gasteiger charge is 2.22. The Kier molecular flexibility index (Phi) is 3.43. The number of nitro groups is 1. The van der Waals surface area contributed by atoms with Gasteiger partial charge in [-0.2, -0.15) is 0 Å². The molecular formula is C8H5ClINO3. The molecule has 0 fully saturated rings. The van der Waals surface area contributed by atoms with Crippen LogP contribution >= 0.6 is 34.2 Å². The minimum Gasteiger partial charge on any atom is -0.294 e. The molecule has 0 saturated heterocycles. The molecule has 0 heterocycles. The largest absolute Gasteiger partial charge is 0.298 e. The highest BCUT2D eigenvalue weighted by molar-refractivity contribution is 14.1. The molecule has 0 saturated carbocycles. The maximum atomic E-state index is 11.1. The Morgan fingerprint density at radius 3 is 2.57 bits per heavy atom. The number of carbonyl (C=O) groups excluding carboxylic acids is 1. The lowest BCUT2D eigenvalue weighted by Gasteiger charge is -2.01. The van der Waals surface area contributed by atoms with Gasteiger partial charge in [0.2, 0.25) is 0 Å². The van der Waals surface area contributed by atoms with Gasteiger partial charge in [0.1, 0.15) is 5.02 Å². The Hall–Kier alpha value is -0.690. The molecule has 0 unspecified atom stereocenters. The molecule has 1 rings (SSSR count). The molecule has 0 N–H and O–H groups in total. The molecule has 6 heteroatoms. The molecule has 14 heavy (non-hydrogen) atoms. The Morgan fingerprint density at radius 2 is 2.14 bits per heavy atom. The fraction of sp³-hybridized carbons (Fsp3) is 0.125. The second-order valence-electron chi connectivity index (χ2n) is 2.60. The number of nitro benzene ring substituents is 1. The first kappa shape index (κ1) is 11.4. The SMILES string of the molecule is CC(=O)c1cc(I)cc(Cl)c1[N+](=O)[O-]. The van der Waals surface area contributed by atoms with Crippen LogP contribution in [0.1, 0.15) is 17.3 Å². The predicted octanol–water partition coefficient (Wildman–Crippen LogP) is 3.06. The molecule has 0 spiro atoms. The van der Waals surface area contributed by atoms with Crippen molar-refractivity contribution in [2.45, 2.75) is 6.92 Å². The van der Waals surface area contributed by atoms with Crippen molar-refractivity contribution < 1.29 is 9.72 Å². The predicted molar refractivity (Wildman–Crippen MR) is 60.8 cm³/mol. The lowest BCUT2D eigenvalue weighted by atomic mass is 10.1. The summed E-state index contributed by atoms with van der Waals surface area (Å²) in [5.41, 5.74) is -0.272. The van der Waals surface area contributed by atoms with Gasteiger partial charge in [-0.15, -0.1) is 0 Å². The highest BCUT2D eigenvalue weighted by atomic mass is 127. The minimum absolute atomic E-state index is 0.00731. The van der Waals surface area contributed by atoms with Crippen molar-refractivity contribution in [3.8, 4) is 0 Å². The van der Waals surface area contributed by atoms with E-state index in [1.165, 1.54) is 19.1 Å². The Morgan fingerprint density at radius 1 is 1.57 bits per heavy atom. The van der Waals surface area contributed by atoms with E-state index < -0.39 is 4.92 Å². The van der Waals surface area contributed by atoms with Crippen molar-refractivity contribution in [1.29, 1.82) is 0 Å². The van der Waals surface area contributed by atoms with E-state index in [0.717, 1.165) is 0 Å². The Bertz CT molecular complexity index is 419. The number of hydrogen-bond donors (Lipinski definition) is 0. The van der Waals surface area contributed by atoms with Gasteiger partial charge in [-0.3, -0.25) is 14.9 Å². The third-order valence-electron chi connectivity index (χ3n) is 1.59. The number of halogens is 2. The van der Waals surface area contributed by atoms with Crippen molar-refractivity contribution in [3.63, 3.8) is 0 Å². The first-order chi connectivity index (χ1) is 6.43. The molecule has 0 radical (unpaired) electrons. The lowest BCUT2D eigenvalue weighted by Crippen LogP contribution is -2.01. The monoisotopic (exact) mass is 325 g/mol. The standard InChI is InChI=1S/C8H5ClINO3/c1-4(12)6-2-5(10)3-7(9)8(6)11(13)14/h2-3H,1H3. The first-order valence-corrected chi connectivity index (χ1v) is 5.03. The van der Waals surface area contributed by atoms with E-state index in [2.05, 4.69) is 0 Å². The first-order valence-electron chi connectivity index (χ1n) is 3.58. The molecule has 0 aliphatic carbocycles. The van der Waals surface area contributed by atoms with Crippen molar-refractivity contribution in [2.24, 2.45) is 0 Å². The third-order valence-corrected chi connectivity index (χ3v) is 2.50. The average molecular weight is 325 g/mol. The van der Waals surface area contributed by atoms with Gasteiger partial charge in [0.25, 0.3) is 5.69 Å². The summed E-state index contributed by atoms with van der Waals surface area (Å²) in [7, 11) is 0. The number of hydrogen-bond acceptors (Lipinski definition) is 3. The zero-order valence-electron chi connectivity index (χ0n) is 7.08. The van der Waals surface area contributed by atoms with Gasteiger partial charge in [-0.25, -0.2) is 0 Å². The summed E-state index contributed by atoms with van der Waals surface area (Å²) in [4.78, 5) is 21.1. The van der Waals surface area contributed by atoms with Crippen LogP contribution in [-0.4, -0.2) is 10.7 Å². The van der Waals surface area contributed by atoms with Crippen LogP contribution in [0.2, 0.25) is 5.02 Å². The van der Waals surface area contributed by atoms with Gasteiger partial charge in [0, 0.05) is 3.57 Å². The molecule has 1 aromatic rings. The molecule has 74 valence electrons. The van der Waals surface area contributed by atoms with Crippen molar-refractivity contribution in [1.82, 2.24) is 0 Å². The van der Waals surface area contributed by atoms with Crippen LogP contribution in [0.4, 0.5) is 5.69 Å². The molecule has 0 aromatic heterocycles. The zero-order valence-corrected chi connectivity index (χ0v) is 10.00. The second-order valence-corrected chi connectivity index (χ2v) is 4.25. The Labute approximate surface area is 98.5 Å². The van der Waals surface area contributed by atoms with Crippen LogP contribution in [0.5, 0.6) is 0 Å². The van der Waals surface area contributed by atoms with E-state index in [1.807, 2.05) is 22.6 Å². The minimum atomic E-state index is -0.644.